The van der Waals surface area contributed by atoms with E-state index < -0.39 is 0 Å². The summed E-state index contributed by atoms with van der Waals surface area (Å²) in [5, 5.41) is 4.93. The summed E-state index contributed by atoms with van der Waals surface area (Å²) in [6.07, 6.45) is 1.59. The van der Waals surface area contributed by atoms with Gasteiger partial charge in [0.2, 0.25) is 5.91 Å². The van der Waals surface area contributed by atoms with Crippen molar-refractivity contribution in [2.75, 3.05) is 6.61 Å². The maximum absolute atomic E-state index is 13.0. The molecule has 0 saturated heterocycles. The Labute approximate surface area is 209 Å². The number of rotatable bonds is 9. The molecule has 0 saturated carbocycles. The molecule has 0 bridgehead atoms. The van der Waals surface area contributed by atoms with Crippen molar-refractivity contribution in [1.82, 2.24) is 5.43 Å². The number of hydrazone groups is 1. The van der Waals surface area contributed by atoms with Crippen LogP contribution < -0.4 is 14.9 Å². The Kier molecular flexibility index (Phi) is 9.11. The molecule has 0 aliphatic heterocycles. The molecule has 0 heterocycles. The van der Waals surface area contributed by atoms with Gasteiger partial charge in [-0.1, -0.05) is 41.4 Å². The Balaban J connectivity index is 1.66. The molecule has 0 aliphatic carbocycles. The third-order valence-corrected chi connectivity index (χ3v) is 5.71. The zero-order valence-electron chi connectivity index (χ0n) is 17.6. The summed E-state index contributed by atoms with van der Waals surface area (Å²) >= 11 is 15.5. The molecule has 172 valence electrons. The number of hydrogen-bond acceptors (Lipinski definition) is 4. The van der Waals surface area contributed by atoms with E-state index in [1.54, 1.807) is 36.4 Å². The number of amides is 1. The summed E-state index contributed by atoms with van der Waals surface area (Å²) in [4.78, 5) is 12.1. The highest BCUT2D eigenvalue weighted by molar-refractivity contribution is 9.10. The van der Waals surface area contributed by atoms with E-state index in [0.717, 1.165) is 5.56 Å². The summed E-state index contributed by atoms with van der Waals surface area (Å²) in [5.74, 6) is 0.382. The van der Waals surface area contributed by atoms with Crippen LogP contribution in [-0.4, -0.2) is 18.7 Å². The quantitative estimate of drug-likeness (QED) is 0.241. The average Bonchev–Trinajstić information content (AvgIpc) is 2.77. The van der Waals surface area contributed by atoms with Gasteiger partial charge in [-0.15, -0.1) is 0 Å². The molecule has 1 amide bonds. The molecule has 3 aromatic carbocycles. The third-order valence-electron chi connectivity index (χ3n) is 4.38. The molecule has 5 nitrogen and oxygen atoms in total. The number of nitrogens with one attached hydrogen (secondary N) is 1. The summed E-state index contributed by atoms with van der Waals surface area (Å²) in [5.41, 5.74) is 4.70. The van der Waals surface area contributed by atoms with E-state index in [9.17, 15) is 9.18 Å². The number of ether oxygens (including phenoxy) is 2. The second kappa shape index (κ2) is 12.0. The van der Waals surface area contributed by atoms with Crippen molar-refractivity contribution in [3.05, 3.63) is 91.6 Å². The molecule has 0 atom stereocenters. The number of carbonyl (C=O) groups excluding carboxylic acids is 1. The second-order valence-electron chi connectivity index (χ2n) is 6.90. The lowest BCUT2D eigenvalue weighted by molar-refractivity contribution is -0.120. The summed E-state index contributed by atoms with van der Waals surface area (Å²) in [6.45, 7) is 2.57. The molecule has 0 radical (unpaired) electrons. The van der Waals surface area contributed by atoms with Gasteiger partial charge in [-0.2, -0.15) is 5.10 Å². The highest BCUT2D eigenvalue weighted by Crippen LogP contribution is 2.37. The fraction of sp³-hybridized carbons (Fsp3) is 0.167. The Bertz CT molecular complexity index is 1160. The number of carbonyl (C=O) groups is 1. The van der Waals surface area contributed by atoms with Crippen LogP contribution in [0.25, 0.3) is 0 Å². The molecule has 3 aromatic rings. The first kappa shape index (κ1) is 25.0. The number of hydrogen-bond donors (Lipinski definition) is 1. The lowest BCUT2D eigenvalue weighted by atomic mass is 10.1. The second-order valence-corrected chi connectivity index (χ2v) is 8.57. The van der Waals surface area contributed by atoms with Crippen molar-refractivity contribution < 1.29 is 18.7 Å². The fourth-order valence-electron chi connectivity index (χ4n) is 2.86. The van der Waals surface area contributed by atoms with Crippen LogP contribution >= 0.6 is 39.1 Å². The summed E-state index contributed by atoms with van der Waals surface area (Å²) in [6, 6.07) is 14.6. The third kappa shape index (κ3) is 7.45. The van der Waals surface area contributed by atoms with Gasteiger partial charge in [0.15, 0.2) is 11.5 Å². The minimum absolute atomic E-state index is 0.0903. The molecule has 1 N–H and O–H groups in total. The van der Waals surface area contributed by atoms with Crippen molar-refractivity contribution in [1.29, 1.82) is 0 Å². The summed E-state index contributed by atoms with van der Waals surface area (Å²) < 4.78 is 25.3. The van der Waals surface area contributed by atoms with Crippen LogP contribution in [0.3, 0.4) is 0 Å². The minimum Gasteiger partial charge on any atom is -0.490 e. The average molecular weight is 554 g/mol. The van der Waals surface area contributed by atoms with Gasteiger partial charge in [0.05, 0.1) is 33.8 Å². The molecular formula is C24H20BrCl2FN2O3. The van der Waals surface area contributed by atoms with Gasteiger partial charge in [0.1, 0.15) is 12.4 Å². The predicted molar refractivity (Wildman–Crippen MR) is 132 cm³/mol. The van der Waals surface area contributed by atoms with E-state index >= 15 is 0 Å². The van der Waals surface area contributed by atoms with Crippen LogP contribution in [0.15, 0.2) is 64.2 Å². The van der Waals surface area contributed by atoms with Gasteiger partial charge >= 0.3 is 0 Å². The van der Waals surface area contributed by atoms with E-state index in [1.165, 1.54) is 18.3 Å². The zero-order valence-corrected chi connectivity index (χ0v) is 20.7. The van der Waals surface area contributed by atoms with Gasteiger partial charge in [0.25, 0.3) is 0 Å². The lowest BCUT2D eigenvalue weighted by Crippen LogP contribution is -2.19. The zero-order chi connectivity index (χ0) is 23.8. The molecule has 0 aliphatic rings. The van der Waals surface area contributed by atoms with Gasteiger partial charge in [0, 0.05) is 0 Å². The smallest absolute Gasteiger partial charge is 0.244 e. The van der Waals surface area contributed by atoms with Crippen molar-refractivity contribution >= 4 is 51.3 Å². The van der Waals surface area contributed by atoms with Gasteiger partial charge in [-0.25, -0.2) is 9.82 Å². The maximum atomic E-state index is 13.0. The van der Waals surface area contributed by atoms with Gasteiger partial charge < -0.3 is 9.47 Å². The largest absolute Gasteiger partial charge is 0.490 e. The topological polar surface area (TPSA) is 59.9 Å². The van der Waals surface area contributed by atoms with Crippen LogP contribution in [0.2, 0.25) is 10.0 Å². The Morgan fingerprint density at radius 3 is 2.48 bits per heavy atom. The molecule has 0 aromatic heterocycles. The van der Waals surface area contributed by atoms with Crippen molar-refractivity contribution in [2.24, 2.45) is 5.10 Å². The van der Waals surface area contributed by atoms with Crippen LogP contribution in [0.1, 0.15) is 23.6 Å². The molecule has 9 heteroatoms. The minimum atomic E-state index is -0.350. The molecule has 0 spiro atoms. The Hall–Kier alpha value is -2.61. The lowest BCUT2D eigenvalue weighted by Gasteiger charge is -2.15. The van der Waals surface area contributed by atoms with Crippen molar-refractivity contribution in [3.63, 3.8) is 0 Å². The first-order valence-electron chi connectivity index (χ1n) is 9.95. The molecular weight excluding hydrogens is 534 g/mol. The molecule has 0 unspecified atom stereocenters. The monoisotopic (exact) mass is 552 g/mol. The van der Waals surface area contributed by atoms with Crippen molar-refractivity contribution in [3.8, 4) is 11.5 Å². The van der Waals surface area contributed by atoms with Gasteiger partial charge in [-0.3, -0.25) is 4.79 Å². The standard InChI is InChI=1S/C24H20BrCl2FN2O3/c1-2-32-22-11-17(13-29-30-23(31)12-15-3-6-18(28)7-4-15)9-19(25)24(22)33-14-16-5-8-20(26)21(27)10-16/h3-11,13H,2,12,14H2,1H3,(H,30,31)/b29-13+. The molecule has 3 rings (SSSR count). The van der Waals surface area contributed by atoms with E-state index in [-0.39, 0.29) is 24.8 Å². The number of halogens is 4. The fourth-order valence-corrected chi connectivity index (χ4v) is 3.75. The first-order valence-corrected chi connectivity index (χ1v) is 11.5. The highest BCUT2D eigenvalue weighted by atomic mass is 79.9. The first-order chi connectivity index (χ1) is 15.9. The normalized spacial score (nSPS) is 10.9. The SMILES string of the molecule is CCOc1cc(/C=N/NC(=O)Cc2ccc(F)cc2)cc(Br)c1OCc1ccc(Cl)c(Cl)c1. The van der Waals surface area contributed by atoms with E-state index in [0.29, 0.717) is 43.8 Å². The van der Waals surface area contributed by atoms with Crippen molar-refractivity contribution in [2.45, 2.75) is 20.0 Å². The predicted octanol–water partition coefficient (Wildman–Crippen LogP) is 6.57. The highest BCUT2D eigenvalue weighted by Gasteiger charge is 2.13. The maximum Gasteiger partial charge on any atom is 0.244 e. The van der Waals surface area contributed by atoms with Crippen LogP contribution in [0.5, 0.6) is 11.5 Å². The van der Waals surface area contributed by atoms with E-state index in [4.69, 9.17) is 32.7 Å². The molecule has 33 heavy (non-hydrogen) atoms. The Morgan fingerprint density at radius 1 is 1.06 bits per heavy atom. The van der Waals surface area contributed by atoms with Crippen LogP contribution in [-0.2, 0) is 17.8 Å². The Morgan fingerprint density at radius 2 is 1.79 bits per heavy atom. The van der Waals surface area contributed by atoms with Crippen LogP contribution in [0, 0.1) is 5.82 Å². The number of benzene rings is 3. The van der Waals surface area contributed by atoms with E-state index in [1.807, 2.05) is 13.0 Å². The number of nitrogens with zero attached hydrogens (tertiary/aromatic N) is 1. The van der Waals surface area contributed by atoms with Gasteiger partial charge in [-0.05, 0) is 75.9 Å². The summed E-state index contributed by atoms with van der Waals surface area (Å²) in [7, 11) is 0. The molecule has 0 fully saturated rings. The van der Waals surface area contributed by atoms with Crippen LogP contribution in [0.4, 0.5) is 4.39 Å². The van der Waals surface area contributed by atoms with E-state index in [2.05, 4.69) is 26.5 Å².